The van der Waals surface area contributed by atoms with Crippen LogP contribution in [0.15, 0.2) is 42.5 Å². The Bertz CT molecular complexity index is 813. The first-order chi connectivity index (χ1) is 11.9. The van der Waals surface area contributed by atoms with Crippen LogP contribution < -0.4 is 5.32 Å². The van der Waals surface area contributed by atoms with Crippen molar-refractivity contribution in [2.24, 2.45) is 0 Å². The fourth-order valence-corrected chi connectivity index (χ4v) is 3.32. The lowest BCUT2D eigenvalue weighted by molar-refractivity contribution is -0.384. The average Bonchev–Trinajstić information content (AvgIpc) is 2.99. The number of rotatable bonds is 5. The molecule has 0 bridgehead atoms. The molecule has 6 nitrogen and oxygen atoms in total. The molecule has 0 saturated carbocycles. The van der Waals surface area contributed by atoms with Crippen LogP contribution in [-0.2, 0) is 17.6 Å². The molecular formula is C18H17ClN2O4. The van der Waals surface area contributed by atoms with Gasteiger partial charge in [0, 0.05) is 38.1 Å². The van der Waals surface area contributed by atoms with Gasteiger partial charge >= 0.3 is 0 Å². The lowest BCUT2D eigenvalue weighted by Gasteiger charge is -2.27. The number of methoxy groups -OCH3 is 1. The number of nitrogens with zero attached hydrogens (tertiary/aromatic N) is 1. The molecule has 0 radical (unpaired) electrons. The third-order valence-corrected chi connectivity index (χ3v) is 4.87. The van der Waals surface area contributed by atoms with Gasteiger partial charge in [-0.15, -0.1) is 0 Å². The Labute approximate surface area is 149 Å². The van der Waals surface area contributed by atoms with Gasteiger partial charge in [0.1, 0.15) is 5.02 Å². The quantitative estimate of drug-likeness (QED) is 0.656. The Kier molecular flexibility index (Phi) is 4.74. The van der Waals surface area contributed by atoms with Gasteiger partial charge in [0.2, 0.25) is 0 Å². The number of carbonyl (C=O) groups is 1. The number of ether oxygens (including phenoxy) is 1. The number of amides is 1. The fourth-order valence-electron chi connectivity index (χ4n) is 3.14. The molecule has 1 N–H and O–H groups in total. The maximum Gasteiger partial charge on any atom is 0.288 e. The van der Waals surface area contributed by atoms with E-state index in [0.29, 0.717) is 19.4 Å². The van der Waals surface area contributed by atoms with Gasteiger partial charge in [-0.2, -0.15) is 0 Å². The van der Waals surface area contributed by atoms with Crippen LogP contribution in [0.3, 0.4) is 0 Å². The standard InChI is InChI=1S/C18H17ClN2O4/c1-25-18(9-13-4-2-3-5-14(13)10-18)11-20-17(22)12-6-7-15(19)16(8-12)21(23)24/h2-8H,9-11H2,1H3,(H,20,22). The van der Waals surface area contributed by atoms with Crippen molar-refractivity contribution >= 4 is 23.2 Å². The summed E-state index contributed by atoms with van der Waals surface area (Å²) < 4.78 is 5.70. The predicted octanol–water partition coefficient (Wildman–Crippen LogP) is 3.16. The van der Waals surface area contributed by atoms with Crippen LogP contribution in [0.1, 0.15) is 21.5 Å². The number of carbonyl (C=O) groups excluding carboxylic acids is 1. The van der Waals surface area contributed by atoms with Gasteiger partial charge < -0.3 is 10.1 Å². The van der Waals surface area contributed by atoms with Crippen molar-refractivity contribution < 1.29 is 14.5 Å². The molecule has 2 aromatic carbocycles. The highest BCUT2D eigenvalue weighted by molar-refractivity contribution is 6.32. The molecule has 25 heavy (non-hydrogen) atoms. The minimum Gasteiger partial charge on any atom is -0.376 e. The van der Waals surface area contributed by atoms with Gasteiger partial charge in [0.25, 0.3) is 11.6 Å². The molecule has 0 atom stereocenters. The number of fused-ring (bicyclic) bond motifs is 1. The third kappa shape index (κ3) is 3.50. The van der Waals surface area contributed by atoms with Crippen molar-refractivity contribution in [1.82, 2.24) is 5.32 Å². The summed E-state index contributed by atoms with van der Waals surface area (Å²) in [5.74, 6) is -0.396. The van der Waals surface area contributed by atoms with E-state index in [9.17, 15) is 14.9 Å². The summed E-state index contributed by atoms with van der Waals surface area (Å²) in [6.45, 7) is 0.313. The van der Waals surface area contributed by atoms with Crippen molar-refractivity contribution in [2.75, 3.05) is 13.7 Å². The number of benzene rings is 2. The summed E-state index contributed by atoms with van der Waals surface area (Å²) in [5, 5.41) is 13.8. The van der Waals surface area contributed by atoms with E-state index in [4.69, 9.17) is 16.3 Å². The third-order valence-electron chi connectivity index (χ3n) is 4.55. The van der Waals surface area contributed by atoms with Crippen molar-refractivity contribution in [3.05, 3.63) is 74.3 Å². The van der Waals surface area contributed by atoms with Gasteiger partial charge in [-0.05, 0) is 23.3 Å². The maximum absolute atomic E-state index is 12.4. The topological polar surface area (TPSA) is 81.5 Å². The first-order valence-corrected chi connectivity index (χ1v) is 8.16. The van der Waals surface area contributed by atoms with E-state index < -0.39 is 16.4 Å². The molecule has 1 amide bonds. The maximum atomic E-state index is 12.4. The molecule has 3 rings (SSSR count). The van der Waals surface area contributed by atoms with Crippen LogP contribution in [-0.4, -0.2) is 30.1 Å². The number of nitro benzene ring substituents is 1. The monoisotopic (exact) mass is 360 g/mol. The molecule has 2 aromatic rings. The summed E-state index contributed by atoms with van der Waals surface area (Å²) in [5.41, 5.74) is 1.82. The summed E-state index contributed by atoms with van der Waals surface area (Å²) >= 11 is 5.78. The number of halogens is 1. The largest absolute Gasteiger partial charge is 0.376 e. The summed E-state index contributed by atoms with van der Waals surface area (Å²) in [7, 11) is 1.63. The average molecular weight is 361 g/mol. The molecule has 1 aliphatic rings. The highest BCUT2D eigenvalue weighted by Crippen LogP contribution is 2.32. The smallest absolute Gasteiger partial charge is 0.288 e. The normalized spacial score (nSPS) is 14.8. The van der Waals surface area contributed by atoms with E-state index >= 15 is 0 Å². The second kappa shape index (κ2) is 6.82. The Hall–Kier alpha value is -2.44. The van der Waals surface area contributed by atoms with Crippen molar-refractivity contribution in [3.63, 3.8) is 0 Å². The van der Waals surface area contributed by atoms with E-state index in [1.807, 2.05) is 12.1 Å². The number of nitrogens with one attached hydrogen (secondary N) is 1. The van der Waals surface area contributed by atoms with Crippen LogP contribution in [0.5, 0.6) is 0 Å². The molecule has 0 fully saturated rings. The lowest BCUT2D eigenvalue weighted by Crippen LogP contribution is -2.45. The summed E-state index contributed by atoms with van der Waals surface area (Å²) in [6, 6.07) is 12.1. The van der Waals surface area contributed by atoms with Crippen molar-refractivity contribution in [1.29, 1.82) is 0 Å². The minimum absolute atomic E-state index is 0.00107. The summed E-state index contributed by atoms with van der Waals surface area (Å²) in [4.78, 5) is 22.7. The zero-order chi connectivity index (χ0) is 18.0. The van der Waals surface area contributed by atoms with E-state index in [0.717, 1.165) is 0 Å². The molecule has 7 heteroatoms. The molecule has 1 aliphatic carbocycles. The first-order valence-electron chi connectivity index (χ1n) is 7.78. The molecule has 130 valence electrons. The highest BCUT2D eigenvalue weighted by Gasteiger charge is 2.37. The van der Waals surface area contributed by atoms with E-state index in [1.165, 1.54) is 29.3 Å². The number of nitro groups is 1. The molecule has 0 spiro atoms. The number of hydrogen-bond acceptors (Lipinski definition) is 4. The van der Waals surface area contributed by atoms with Crippen LogP contribution in [0.4, 0.5) is 5.69 Å². The Morgan fingerprint density at radius 3 is 2.48 bits per heavy atom. The van der Waals surface area contributed by atoms with Crippen LogP contribution in [0, 0.1) is 10.1 Å². The molecule has 0 heterocycles. The van der Waals surface area contributed by atoms with Gasteiger partial charge in [-0.1, -0.05) is 35.9 Å². The minimum atomic E-state index is -0.608. The van der Waals surface area contributed by atoms with Crippen molar-refractivity contribution in [3.8, 4) is 0 Å². The Morgan fingerprint density at radius 1 is 1.28 bits per heavy atom. The van der Waals surface area contributed by atoms with Gasteiger partial charge in [-0.3, -0.25) is 14.9 Å². The Balaban J connectivity index is 1.72. The van der Waals surface area contributed by atoms with E-state index in [-0.39, 0.29) is 16.3 Å². The van der Waals surface area contributed by atoms with Crippen LogP contribution in [0.25, 0.3) is 0 Å². The molecular weight excluding hydrogens is 344 g/mol. The highest BCUT2D eigenvalue weighted by atomic mass is 35.5. The second-order valence-corrected chi connectivity index (χ2v) is 6.52. The SMILES string of the molecule is COC1(CNC(=O)c2ccc(Cl)c([N+](=O)[O-])c2)Cc2ccccc2C1. The van der Waals surface area contributed by atoms with Crippen LogP contribution in [0.2, 0.25) is 5.02 Å². The fraction of sp³-hybridized carbons (Fsp3) is 0.278. The van der Waals surface area contributed by atoms with E-state index in [1.54, 1.807) is 7.11 Å². The lowest BCUT2D eigenvalue weighted by atomic mass is 10.00. The van der Waals surface area contributed by atoms with Crippen LogP contribution >= 0.6 is 11.6 Å². The molecule has 0 saturated heterocycles. The Morgan fingerprint density at radius 2 is 1.92 bits per heavy atom. The zero-order valence-electron chi connectivity index (χ0n) is 13.6. The predicted molar refractivity (Wildman–Crippen MR) is 94.0 cm³/mol. The molecule has 0 aromatic heterocycles. The first kappa shape index (κ1) is 17.4. The second-order valence-electron chi connectivity index (χ2n) is 6.12. The molecule has 0 unspecified atom stereocenters. The van der Waals surface area contributed by atoms with Gasteiger partial charge in [0.15, 0.2) is 0 Å². The van der Waals surface area contributed by atoms with Gasteiger partial charge in [-0.25, -0.2) is 0 Å². The van der Waals surface area contributed by atoms with E-state index in [2.05, 4.69) is 17.4 Å². The molecule has 0 aliphatic heterocycles. The summed E-state index contributed by atoms with van der Waals surface area (Å²) in [6.07, 6.45) is 1.42. The van der Waals surface area contributed by atoms with Crippen molar-refractivity contribution in [2.45, 2.75) is 18.4 Å². The number of hydrogen-bond donors (Lipinski definition) is 1. The zero-order valence-corrected chi connectivity index (χ0v) is 14.4. The van der Waals surface area contributed by atoms with Gasteiger partial charge in [0.05, 0.1) is 10.5 Å².